The van der Waals surface area contributed by atoms with Gasteiger partial charge in [-0.05, 0) is 49.1 Å². The van der Waals surface area contributed by atoms with Crippen LogP contribution in [0.2, 0.25) is 0 Å². The molecule has 0 bridgehead atoms. The number of nitrogens with zero attached hydrogens (tertiary/aromatic N) is 2. The third-order valence-electron chi connectivity index (χ3n) is 3.44. The molecule has 0 unspecified atom stereocenters. The zero-order valence-electron chi connectivity index (χ0n) is 11.7. The normalized spacial score (nSPS) is 15.7. The van der Waals surface area contributed by atoms with Crippen LogP contribution in [0.5, 0.6) is 0 Å². The molecule has 0 aliphatic carbocycles. The van der Waals surface area contributed by atoms with Gasteiger partial charge in [0.15, 0.2) is 5.69 Å². The Morgan fingerprint density at radius 1 is 1.38 bits per heavy atom. The maximum atomic E-state index is 12.0. The number of benzene rings is 1. The third kappa shape index (κ3) is 2.53. The first-order valence-corrected chi connectivity index (χ1v) is 6.57. The van der Waals surface area contributed by atoms with Crippen LogP contribution in [0.1, 0.15) is 29.9 Å². The molecule has 0 spiro atoms. The second-order valence-electron chi connectivity index (χ2n) is 5.35. The molecule has 0 saturated heterocycles. The number of rotatable bonds is 2. The van der Waals surface area contributed by atoms with Crippen LogP contribution in [0, 0.1) is 0 Å². The summed E-state index contributed by atoms with van der Waals surface area (Å²) < 4.78 is 5.48. The number of amides is 1. The van der Waals surface area contributed by atoms with Gasteiger partial charge in [-0.25, -0.2) is 0 Å². The molecule has 0 fully saturated rings. The molecule has 2 aromatic rings. The number of carbonyl (C=O) groups excluding carboxylic acids is 1. The molecule has 0 saturated carbocycles. The second kappa shape index (κ2) is 4.94. The lowest BCUT2D eigenvalue weighted by atomic mass is 9.78. The number of carbonyl (C=O) groups is 1. The molecule has 1 amide bonds. The fourth-order valence-electron chi connectivity index (χ4n) is 2.42. The van der Waals surface area contributed by atoms with E-state index >= 15 is 0 Å². The van der Waals surface area contributed by atoms with Crippen molar-refractivity contribution in [1.29, 1.82) is 0 Å². The summed E-state index contributed by atoms with van der Waals surface area (Å²) in [5.41, 5.74) is 1.84. The topological polar surface area (TPSA) is 84.3 Å². The Morgan fingerprint density at radius 3 is 2.90 bits per heavy atom. The molecule has 6 nitrogen and oxygen atoms in total. The molecule has 1 aliphatic heterocycles. The van der Waals surface area contributed by atoms with Crippen LogP contribution in [-0.4, -0.2) is 28.2 Å². The van der Waals surface area contributed by atoms with Gasteiger partial charge in [0.25, 0.3) is 5.91 Å². The fraction of sp³-hybridized carbons (Fsp3) is 0.214. The van der Waals surface area contributed by atoms with Crippen molar-refractivity contribution in [2.24, 2.45) is 0 Å². The van der Waals surface area contributed by atoms with Crippen LogP contribution >= 0.6 is 0 Å². The highest BCUT2D eigenvalue weighted by atomic mass is 16.5. The van der Waals surface area contributed by atoms with E-state index in [1.165, 1.54) is 6.20 Å². The van der Waals surface area contributed by atoms with Gasteiger partial charge < -0.3 is 15.0 Å². The van der Waals surface area contributed by atoms with Crippen LogP contribution in [0.15, 0.2) is 36.5 Å². The smallest absolute Gasteiger partial charge is 0.423 e. The minimum absolute atomic E-state index is 0.232. The van der Waals surface area contributed by atoms with Gasteiger partial charge in [-0.3, -0.25) is 4.79 Å². The van der Waals surface area contributed by atoms with Gasteiger partial charge in [-0.15, -0.1) is 5.10 Å². The van der Waals surface area contributed by atoms with Crippen molar-refractivity contribution in [2.75, 3.05) is 5.32 Å². The quantitative estimate of drug-likeness (QED) is 0.792. The highest BCUT2D eigenvalue weighted by Gasteiger charge is 2.40. The van der Waals surface area contributed by atoms with Crippen molar-refractivity contribution in [3.05, 3.63) is 47.8 Å². The summed E-state index contributed by atoms with van der Waals surface area (Å²) in [5, 5.41) is 20.1. The SMILES string of the molecule is CC1(C)OB(O)c2cc(NC(=O)c3cccnn3)ccc21. The van der Waals surface area contributed by atoms with Crippen LogP contribution < -0.4 is 10.8 Å². The predicted octanol–water partition coefficient (Wildman–Crippen LogP) is 0.682. The lowest BCUT2D eigenvalue weighted by Crippen LogP contribution is -2.29. The highest BCUT2D eigenvalue weighted by molar-refractivity contribution is 6.62. The van der Waals surface area contributed by atoms with E-state index in [0.29, 0.717) is 11.2 Å². The van der Waals surface area contributed by atoms with Gasteiger partial charge in [-0.2, -0.15) is 5.10 Å². The Balaban J connectivity index is 1.86. The Hall–Kier alpha value is -2.25. The molecule has 3 rings (SSSR count). The van der Waals surface area contributed by atoms with Crippen molar-refractivity contribution in [2.45, 2.75) is 19.4 Å². The summed E-state index contributed by atoms with van der Waals surface area (Å²) in [6, 6.07) is 8.55. The van der Waals surface area contributed by atoms with Gasteiger partial charge in [0.1, 0.15) is 0 Å². The Kier molecular flexibility index (Phi) is 3.23. The molecule has 0 atom stereocenters. The Bertz CT molecular complexity index is 691. The average molecular weight is 283 g/mol. The number of aromatic nitrogens is 2. The number of anilines is 1. The molecule has 21 heavy (non-hydrogen) atoms. The molecule has 7 heteroatoms. The maximum Gasteiger partial charge on any atom is 0.492 e. The summed E-state index contributed by atoms with van der Waals surface area (Å²) in [6.07, 6.45) is 1.50. The Morgan fingerprint density at radius 2 is 2.19 bits per heavy atom. The van der Waals surface area contributed by atoms with E-state index in [1.54, 1.807) is 24.3 Å². The maximum absolute atomic E-state index is 12.0. The molecular formula is C14H14BN3O3. The summed E-state index contributed by atoms with van der Waals surface area (Å²) in [5.74, 6) is -0.351. The van der Waals surface area contributed by atoms with E-state index in [-0.39, 0.29) is 11.6 Å². The van der Waals surface area contributed by atoms with Gasteiger partial charge in [0.2, 0.25) is 0 Å². The van der Waals surface area contributed by atoms with Gasteiger partial charge in [0.05, 0.1) is 5.60 Å². The average Bonchev–Trinajstić information content (AvgIpc) is 2.69. The van der Waals surface area contributed by atoms with Crippen molar-refractivity contribution < 1.29 is 14.5 Å². The number of nitrogens with one attached hydrogen (secondary N) is 1. The number of fused-ring (bicyclic) bond motifs is 1. The van der Waals surface area contributed by atoms with Crippen molar-refractivity contribution in [3.8, 4) is 0 Å². The van der Waals surface area contributed by atoms with E-state index in [4.69, 9.17) is 4.65 Å². The molecule has 1 aromatic heterocycles. The van der Waals surface area contributed by atoms with Gasteiger partial charge in [-0.1, -0.05) is 6.07 Å². The van der Waals surface area contributed by atoms with E-state index in [1.807, 2.05) is 19.9 Å². The van der Waals surface area contributed by atoms with E-state index in [2.05, 4.69) is 15.5 Å². The van der Waals surface area contributed by atoms with Crippen LogP contribution in [0.3, 0.4) is 0 Å². The molecule has 106 valence electrons. The molecule has 1 aromatic carbocycles. The first-order chi connectivity index (χ1) is 9.97. The minimum Gasteiger partial charge on any atom is -0.423 e. The molecular weight excluding hydrogens is 269 g/mol. The third-order valence-corrected chi connectivity index (χ3v) is 3.44. The van der Waals surface area contributed by atoms with Crippen LogP contribution in [0.4, 0.5) is 5.69 Å². The first-order valence-electron chi connectivity index (χ1n) is 6.57. The fourth-order valence-corrected chi connectivity index (χ4v) is 2.42. The van der Waals surface area contributed by atoms with Crippen molar-refractivity contribution >= 4 is 24.2 Å². The largest absolute Gasteiger partial charge is 0.492 e. The number of hydrogen-bond donors (Lipinski definition) is 2. The van der Waals surface area contributed by atoms with Crippen molar-refractivity contribution in [1.82, 2.24) is 10.2 Å². The highest BCUT2D eigenvalue weighted by Crippen LogP contribution is 2.30. The summed E-state index contributed by atoms with van der Waals surface area (Å²) >= 11 is 0. The monoisotopic (exact) mass is 283 g/mol. The minimum atomic E-state index is -0.983. The molecule has 0 radical (unpaired) electrons. The summed E-state index contributed by atoms with van der Waals surface area (Å²) in [4.78, 5) is 12.0. The molecule has 2 heterocycles. The zero-order valence-corrected chi connectivity index (χ0v) is 11.7. The van der Waals surface area contributed by atoms with Crippen molar-refractivity contribution in [3.63, 3.8) is 0 Å². The Labute approximate surface area is 122 Å². The molecule has 2 N–H and O–H groups in total. The zero-order chi connectivity index (χ0) is 15.0. The first kappa shape index (κ1) is 13.7. The lowest BCUT2D eigenvalue weighted by molar-refractivity contribution is 0.100. The molecule has 1 aliphatic rings. The van der Waals surface area contributed by atoms with E-state index < -0.39 is 12.7 Å². The second-order valence-corrected chi connectivity index (χ2v) is 5.35. The summed E-state index contributed by atoms with van der Waals surface area (Å²) in [7, 11) is -0.983. The van der Waals surface area contributed by atoms with E-state index in [9.17, 15) is 9.82 Å². The van der Waals surface area contributed by atoms with Crippen LogP contribution in [0.25, 0.3) is 0 Å². The summed E-state index contributed by atoms with van der Waals surface area (Å²) in [6.45, 7) is 3.78. The standard InChI is InChI=1S/C14H14BN3O3/c1-14(2)10-6-5-9(8-11(10)15(20)21-14)17-13(19)12-4-3-7-16-18-12/h3-8,20H,1-2H3,(H,17,19). The van der Waals surface area contributed by atoms with Crippen LogP contribution in [-0.2, 0) is 10.3 Å². The number of hydrogen-bond acceptors (Lipinski definition) is 5. The van der Waals surface area contributed by atoms with E-state index in [0.717, 1.165) is 5.56 Å². The van der Waals surface area contributed by atoms with Gasteiger partial charge >= 0.3 is 7.12 Å². The lowest BCUT2D eigenvalue weighted by Gasteiger charge is -2.19. The predicted molar refractivity (Wildman–Crippen MR) is 78.1 cm³/mol. The van der Waals surface area contributed by atoms with Gasteiger partial charge in [0, 0.05) is 11.9 Å².